The van der Waals surface area contributed by atoms with Crippen LogP contribution in [0.3, 0.4) is 0 Å². The first-order valence-corrected chi connectivity index (χ1v) is 6.31. The molecule has 0 aliphatic heterocycles. The van der Waals surface area contributed by atoms with Crippen molar-refractivity contribution in [3.05, 3.63) is 45.2 Å². The molecular formula is C13H12ClN3O3. The third kappa shape index (κ3) is 2.80. The van der Waals surface area contributed by atoms with Gasteiger partial charge in [-0.3, -0.25) is 25.2 Å². The van der Waals surface area contributed by atoms with Gasteiger partial charge < -0.3 is 4.98 Å². The quantitative estimate of drug-likeness (QED) is 0.730. The molecule has 2 rings (SSSR count). The molecule has 6 nitrogen and oxygen atoms in total. The van der Waals surface area contributed by atoms with Gasteiger partial charge >= 0.3 is 0 Å². The number of fused-ring (bicyclic) bond motifs is 1. The fraction of sp³-hybridized carbons (Fsp3) is 0.154. The van der Waals surface area contributed by atoms with Crippen molar-refractivity contribution < 1.29 is 9.59 Å². The molecule has 0 bridgehead atoms. The van der Waals surface area contributed by atoms with Crippen LogP contribution in [0.1, 0.15) is 23.7 Å². The summed E-state index contributed by atoms with van der Waals surface area (Å²) in [5, 5.41) is 0.715. The van der Waals surface area contributed by atoms with Crippen LogP contribution in [0, 0.1) is 0 Å². The molecule has 0 aliphatic carbocycles. The van der Waals surface area contributed by atoms with Crippen molar-refractivity contribution in [2.45, 2.75) is 13.3 Å². The Bertz CT molecular complexity index is 739. The zero-order valence-corrected chi connectivity index (χ0v) is 11.4. The molecule has 7 heteroatoms. The summed E-state index contributed by atoms with van der Waals surface area (Å²) in [6, 6.07) is 4.78. The molecule has 104 valence electrons. The van der Waals surface area contributed by atoms with Crippen LogP contribution >= 0.6 is 11.6 Å². The number of hydrazine groups is 1. The van der Waals surface area contributed by atoms with Gasteiger partial charge in [-0.15, -0.1) is 0 Å². The minimum atomic E-state index is -0.685. The Hall–Kier alpha value is -2.34. The number of hydrogen-bond donors (Lipinski definition) is 3. The molecule has 3 N–H and O–H groups in total. The minimum Gasteiger partial charge on any atom is -0.360 e. The van der Waals surface area contributed by atoms with Gasteiger partial charge in [-0.1, -0.05) is 18.5 Å². The summed E-state index contributed by atoms with van der Waals surface area (Å²) in [5.74, 6) is -1.03. The lowest BCUT2D eigenvalue weighted by Crippen LogP contribution is -2.42. The number of hydrogen-bond acceptors (Lipinski definition) is 3. The van der Waals surface area contributed by atoms with Gasteiger partial charge in [0, 0.05) is 28.5 Å². The number of aromatic amines is 1. The number of carbonyl (C=O) groups excluding carboxylic acids is 2. The molecule has 0 atom stereocenters. The van der Waals surface area contributed by atoms with Crippen molar-refractivity contribution in [2.75, 3.05) is 0 Å². The Balaban J connectivity index is 2.35. The highest BCUT2D eigenvalue weighted by molar-refractivity contribution is 6.31. The van der Waals surface area contributed by atoms with E-state index in [4.69, 9.17) is 11.6 Å². The predicted octanol–water partition coefficient (Wildman–Crippen LogP) is 1.35. The normalized spacial score (nSPS) is 10.3. The molecule has 1 heterocycles. The monoisotopic (exact) mass is 293 g/mol. The highest BCUT2D eigenvalue weighted by Gasteiger charge is 2.13. The van der Waals surface area contributed by atoms with E-state index in [1.54, 1.807) is 19.1 Å². The lowest BCUT2D eigenvalue weighted by atomic mass is 10.1. The van der Waals surface area contributed by atoms with Crippen LogP contribution in [0.15, 0.2) is 29.2 Å². The van der Waals surface area contributed by atoms with Crippen molar-refractivity contribution in [3.63, 3.8) is 0 Å². The van der Waals surface area contributed by atoms with Crippen LogP contribution < -0.4 is 16.3 Å². The smallest absolute Gasteiger partial charge is 0.275 e. The maximum atomic E-state index is 12.2. The summed E-state index contributed by atoms with van der Waals surface area (Å²) in [4.78, 5) is 37.9. The van der Waals surface area contributed by atoms with E-state index in [0.29, 0.717) is 15.9 Å². The van der Waals surface area contributed by atoms with E-state index in [1.807, 2.05) is 0 Å². The molecule has 1 aromatic carbocycles. The van der Waals surface area contributed by atoms with Crippen molar-refractivity contribution in [3.8, 4) is 0 Å². The number of aromatic nitrogens is 1. The van der Waals surface area contributed by atoms with Gasteiger partial charge in [-0.2, -0.15) is 0 Å². The van der Waals surface area contributed by atoms with E-state index in [1.165, 1.54) is 12.3 Å². The molecule has 0 aliphatic rings. The third-order valence-electron chi connectivity index (χ3n) is 2.72. The molecule has 0 unspecified atom stereocenters. The van der Waals surface area contributed by atoms with E-state index in [2.05, 4.69) is 15.8 Å². The number of nitrogens with one attached hydrogen (secondary N) is 3. The summed E-state index contributed by atoms with van der Waals surface area (Å²) in [7, 11) is 0. The first-order chi connectivity index (χ1) is 9.52. The van der Waals surface area contributed by atoms with Crippen LogP contribution in [0.2, 0.25) is 5.02 Å². The molecule has 0 radical (unpaired) electrons. The van der Waals surface area contributed by atoms with E-state index >= 15 is 0 Å². The van der Waals surface area contributed by atoms with Gasteiger partial charge in [0.05, 0.1) is 0 Å². The van der Waals surface area contributed by atoms with Gasteiger partial charge in [0.15, 0.2) is 0 Å². The Morgan fingerprint density at radius 1 is 1.30 bits per heavy atom. The van der Waals surface area contributed by atoms with Crippen LogP contribution in [0.25, 0.3) is 10.9 Å². The lowest BCUT2D eigenvalue weighted by Gasteiger charge is -2.06. The van der Waals surface area contributed by atoms with Gasteiger partial charge in [-0.25, -0.2) is 0 Å². The van der Waals surface area contributed by atoms with Crippen molar-refractivity contribution in [1.29, 1.82) is 0 Å². The summed E-state index contributed by atoms with van der Waals surface area (Å²) in [6.07, 6.45) is 1.52. The van der Waals surface area contributed by atoms with E-state index in [9.17, 15) is 14.4 Å². The Labute approximate surface area is 119 Å². The second kappa shape index (κ2) is 5.75. The molecule has 0 fully saturated rings. The molecule has 1 aromatic heterocycles. The van der Waals surface area contributed by atoms with E-state index in [0.717, 1.165) is 0 Å². The first-order valence-electron chi connectivity index (χ1n) is 5.93. The van der Waals surface area contributed by atoms with Gasteiger partial charge in [0.1, 0.15) is 5.56 Å². The Morgan fingerprint density at radius 3 is 2.75 bits per heavy atom. The average molecular weight is 294 g/mol. The highest BCUT2D eigenvalue weighted by Crippen LogP contribution is 2.14. The van der Waals surface area contributed by atoms with Crippen LogP contribution in [-0.2, 0) is 4.79 Å². The lowest BCUT2D eigenvalue weighted by molar-refractivity contribution is -0.121. The van der Waals surface area contributed by atoms with E-state index in [-0.39, 0.29) is 17.9 Å². The maximum Gasteiger partial charge on any atom is 0.275 e. The number of halogens is 1. The number of rotatable bonds is 2. The summed E-state index contributed by atoms with van der Waals surface area (Å²) >= 11 is 5.83. The number of amides is 2. The third-order valence-corrected chi connectivity index (χ3v) is 2.96. The second-order valence-corrected chi connectivity index (χ2v) is 4.51. The average Bonchev–Trinajstić information content (AvgIpc) is 2.45. The number of benzene rings is 1. The number of pyridine rings is 1. The standard InChI is InChI=1S/C13H12ClN3O3/c1-2-11(18)16-17-13(20)9-6-15-10-4-3-7(14)5-8(10)12(9)19/h3-6H,2H2,1H3,(H,15,19)(H,16,18)(H,17,20). The maximum absolute atomic E-state index is 12.2. The molecule has 2 aromatic rings. The first kappa shape index (κ1) is 14.1. The summed E-state index contributed by atoms with van der Waals surface area (Å²) in [6.45, 7) is 1.65. The molecule has 2 amide bonds. The predicted molar refractivity (Wildman–Crippen MR) is 75.5 cm³/mol. The molecule has 20 heavy (non-hydrogen) atoms. The molecular weight excluding hydrogens is 282 g/mol. The van der Waals surface area contributed by atoms with Crippen LogP contribution in [0.4, 0.5) is 0 Å². The second-order valence-electron chi connectivity index (χ2n) is 4.08. The fourth-order valence-electron chi connectivity index (χ4n) is 1.64. The zero-order valence-electron chi connectivity index (χ0n) is 10.6. The number of H-pyrrole nitrogens is 1. The topological polar surface area (TPSA) is 91.1 Å². The zero-order chi connectivity index (χ0) is 14.7. The van der Waals surface area contributed by atoms with E-state index < -0.39 is 11.3 Å². The highest BCUT2D eigenvalue weighted by atomic mass is 35.5. The van der Waals surface area contributed by atoms with Crippen molar-refractivity contribution in [1.82, 2.24) is 15.8 Å². The molecule has 0 saturated carbocycles. The summed E-state index contributed by atoms with van der Waals surface area (Å²) < 4.78 is 0. The van der Waals surface area contributed by atoms with Crippen molar-refractivity contribution >= 4 is 34.3 Å². The largest absolute Gasteiger partial charge is 0.360 e. The SMILES string of the molecule is CCC(=O)NNC(=O)c1c[nH]c2ccc(Cl)cc2c1=O. The Kier molecular flexibility index (Phi) is 4.05. The van der Waals surface area contributed by atoms with Gasteiger partial charge in [-0.05, 0) is 18.2 Å². The van der Waals surface area contributed by atoms with Gasteiger partial charge in [0.25, 0.3) is 5.91 Å². The summed E-state index contributed by atoms with van der Waals surface area (Å²) in [5.41, 5.74) is 4.40. The minimum absolute atomic E-state index is 0.101. The fourth-order valence-corrected chi connectivity index (χ4v) is 1.81. The van der Waals surface area contributed by atoms with Crippen LogP contribution in [-0.4, -0.2) is 16.8 Å². The van der Waals surface area contributed by atoms with Crippen LogP contribution in [0.5, 0.6) is 0 Å². The number of carbonyl (C=O) groups is 2. The Morgan fingerprint density at radius 2 is 2.05 bits per heavy atom. The molecule has 0 saturated heterocycles. The van der Waals surface area contributed by atoms with Crippen molar-refractivity contribution in [2.24, 2.45) is 0 Å². The van der Waals surface area contributed by atoms with Gasteiger partial charge in [0.2, 0.25) is 11.3 Å². The molecule has 0 spiro atoms.